The van der Waals surface area contributed by atoms with Gasteiger partial charge in [0.25, 0.3) is 0 Å². The maximum atomic E-state index is 2.45. The van der Waals surface area contributed by atoms with Crippen LogP contribution in [-0.4, -0.2) is 0 Å². The van der Waals surface area contributed by atoms with Crippen LogP contribution in [0, 0.1) is 0 Å². The average molecular weight is 775 g/mol. The van der Waals surface area contributed by atoms with E-state index in [2.05, 4.69) is 182 Å². The minimum Gasteiger partial charge on any atom is -0.135 e. The first kappa shape index (κ1) is 31.8. The molecule has 0 saturated heterocycles. The number of hydrogen-bond donors (Lipinski definition) is 0. The molecule has 10 aromatic carbocycles. The largest absolute Gasteiger partial charge is 0.135 e. The van der Waals surface area contributed by atoms with E-state index in [1.54, 1.807) is 0 Å². The summed E-state index contributed by atoms with van der Waals surface area (Å²) in [6.07, 6.45) is 0. The van der Waals surface area contributed by atoms with Crippen LogP contribution in [0.3, 0.4) is 0 Å². The fourth-order valence-electron chi connectivity index (χ4n) is 9.44. The van der Waals surface area contributed by atoms with Crippen molar-refractivity contribution in [3.05, 3.63) is 182 Å². The predicted octanol–water partition coefficient (Wildman–Crippen LogP) is 17.3. The molecule has 0 aliphatic carbocycles. The average Bonchev–Trinajstić information content (AvgIpc) is 3.94. The van der Waals surface area contributed by atoms with Gasteiger partial charge in [0.2, 0.25) is 0 Å². The Morgan fingerprint density at radius 3 is 1.54 bits per heavy atom. The van der Waals surface area contributed by atoms with Gasteiger partial charge < -0.3 is 0 Å². The third-order valence-electron chi connectivity index (χ3n) is 12.0. The van der Waals surface area contributed by atoms with Crippen LogP contribution in [0.5, 0.6) is 0 Å². The Hall–Kier alpha value is -6.36. The first-order chi connectivity index (χ1) is 28.2. The smallest absolute Gasteiger partial charge is 0.0433 e. The molecule has 3 heterocycles. The number of fused-ring (bicyclic) bond motifs is 12. The molecule has 3 heteroatoms. The number of hydrogen-bond acceptors (Lipinski definition) is 3. The van der Waals surface area contributed by atoms with Gasteiger partial charge >= 0.3 is 0 Å². The van der Waals surface area contributed by atoms with Gasteiger partial charge in [-0.1, -0.05) is 133 Å². The van der Waals surface area contributed by atoms with E-state index < -0.39 is 0 Å². The van der Waals surface area contributed by atoms with Crippen LogP contribution in [0.4, 0.5) is 0 Å². The summed E-state index contributed by atoms with van der Waals surface area (Å²) >= 11 is 5.73. The Kier molecular flexibility index (Phi) is 6.73. The second-order valence-electron chi connectivity index (χ2n) is 15.2. The summed E-state index contributed by atoms with van der Waals surface area (Å²) in [6.45, 7) is 0. The van der Waals surface area contributed by atoms with Crippen molar-refractivity contribution in [1.29, 1.82) is 0 Å². The summed E-state index contributed by atoms with van der Waals surface area (Å²) in [4.78, 5) is 0. The zero-order valence-electron chi connectivity index (χ0n) is 30.5. The van der Waals surface area contributed by atoms with Crippen molar-refractivity contribution < 1.29 is 0 Å². The molecule has 0 amide bonds. The maximum absolute atomic E-state index is 2.45. The summed E-state index contributed by atoms with van der Waals surface area (Å²) in [5, 5.41) is 15.8. The van der Waals surface area contributed by atoms with Gasteiger partial charge in [-0.15, -0.1) is 34.0 Å². The summed E-state index contributed by atoms with van der Waals surface area (Å²) in [7, 11) is 0. The molecular weight excluding hydrogens is 745 g/mol. The van der Waals surface area contributed by atoms with Crippen molar-refractivity contribution in [1.82, 2.24) is 0 Å². The lowest BCUT2D eigenvalue weighted by Crippen LogP contribution is -1.90. The highest BCUT2D eigenvalue weighted by Gasteiger charge is 2.19. The zero-order chi connectivity index (χ0) is 37.2. The standard InChI is InChI=1S/C54H30S3/c1-2-11-31(12-3-1)52-38-14-4-6-16-40(38)53(41-17-7-5-15-39(41)52)34-23-24-48-43(26-34)42-19-10-18-36(54(42)57-48)33-22-21-32-28-49-44(27-35(32)25-33)46-30-50-45(29-51(46)56-49)37-13-8-9-20-47(37)55-50/h1-30H. The Bertz CT molecular complexity index is 3750. The van der Waals surface area contributed by atoms with Crippen LogP contribution in [0.1, 0.15) is 0 Å². The third-order valence-corrected chi connectivity index (χ3v) is 15.5. The summed E-state index contributed by atoms with van der Waals surface area (Å²) in [5.41, 5.74) is 7.66. The molecule has 0 radical (unpaired) electrons. The number of thiophene rings is 3. The van der Waals surface area contributed by atoms with Crippen LogP contribution < -0.4 is 0 Å². The molecule has 13 aromatic rings. The Labute approximate surface area is 340 Å². The fourth-order valence-corrected chi connectivity index (χ4v) is 12.9. The highest BCUT2D eigenvalue weighted by molar-refractivity contribution is 7.27. The van der Waals surface area contributed by atoms with Gasteiger partial charge in [-0.25, -0.2) is 0 Å². The second kappa shape index (κ2) is 12.1. The van der Waals surface area contributed by atoms with E-state index in [1.165, 1.54) is 126 Å². The van der Waals surface area contributed by atoms with Crippen LogP contribution in [-0.2, 0) is 0 Å². The van der Waals surface area contributed by atoms with E-state index in [0.717, 1.165) is 0 Å². The fraction of sp³-hybridized carbons (Fsp3) is 0. The Morgan fingerprint density at radius 2 is 0.789 bits per heavy atom. The second-order valence-corrected chi connectivity index (χ2v) is 18.4. The van der Waals surface area contributed by atoms with E-state index in [4.69, 9.17) is 0 Å². The molecule has 0 N–H and O–H groups in total. The SMILES string of the molecule is c1ccc(-c2c3ccccc3c(-c3ccc4sc5c(-c6ccc7cc8sc9cc%10c(cc9c8cc7c6)sc6ccccc6%10)cccc5c4c3)c3ccccc23)cc1. The highest BCUT2D eigenvalue weighted by atomic mass is 32.1. The lowest BCUT2D eigenvalue weighted by molar-refractivity contribution is 1.66. The molecule has 0 saturated carbocycles. The quantitative estimate of drug-likeness (QED) is 0.157. The van der Waals surface area contributed by atoms with Crippen molar-refractivity contribution in [2.45, 2.75) is 0 Å². The first-order valence-corrected chi connectivity index (χ1v) is 21.8. The molecule has 3 aromatic heterocycles. The summed E-state index contributed by atoms with van der Waals surface area (Å²) in [5.74, 6) is 0. The van der Waals surface area contributed by atoms with Crippen LogP contribution in [0.2, 0.25) is 0 Å². The van der Waals surface area contributed by atoms with Gasteiger partial charge in [0.15, 0.2) is 0 Å². The minimum atomic E-state index is 1.25. The lowest BCUT2D eigenvalue weighted by atomic mass is 9.86. The molecule has 0 nitrogen and oxygen atoms in total. The van der Waals surface area contributed by atoms with Gasteiger partial charge in [-0.05, 0) is 114 Å². The van der Waals surface area contributed by atoms with Crippen LogP contribution in [0.15, 0.2) is 182 Å². The molecule has 0 spiro atoms. The third kappa shape index (κ3) is 4.71. The van der Waals surface area contributed by atoms with E-state index in [9.17, 15) is 0 Å². The van der Waals surface area contributed by atoms with Gasteiger partial charge in [-0.2, -0.15) is 0 Å². The van der Waals surface area contributed by atoms with Gasteiger partial charge in [0.05, 0.1) is 0 Å². The molecule has 264 valence electrons. The first-order valence-electron chi connectivity index (χ1n) is 19.4. The molecule has 13 rings (SSSR count). The van der Waals surface area contributed by atoms with Gasteiger partial charge in [0, 0.05) is 60.5 Å². The summed E-state index contributed by atoms with van der Waals surface area (Å²) < 4.78 is 8.09. The zero-order valence-corrected chi connectivity index (χ0v) is 33.0. The van der Waals surface area contributed by atoms with Crippen molar-refractivity contribution in [2.24, 2.45) is 0 Å². The van der Waals surface area contributed by atoms with E-state index >= 15 is 0 Å². The molecule has 0 fully saturated rings. The van der Waals surface area contributed by atoms with Crippen LogP contribution >= 0.6 is 34.0 Å². The molecule has 0 unspecified atom stereocenters. The van der Waals surface area contributed by atoms with Gasteiger partial charge in [-0.3, -0.25) is 0 Å². The Morgan fingerprint density at radius 1 is 0.246 bits per heavy atom. The molecule has 0 aliphatic heterocycles. The minimum absolute atomic E-state index is 1.25. The molecule has 0 atom stereocenters. The lowest BCUT2D eigenvalue weighted by Gasteiger charge is -2.17. The normalized spacial score (nSPS) is 12.2. The maximum Gasteiger partial charge on any atom is 0.0433 e. The molecule has 57 heavy (non-hydrogen) atoms. The highest BCUT2D eigenvalue weighted by Crippen LogP contribution is 2.47. The van der Waals surface area contributed by atoms with Crippen LogP contribution in [0.25, 0.3) is 126 Å². The molecule has 0 bridgehead atoms. The van der Waals surface area contributed by atoms with Crippen molar-refractivity contribution in [2.75, 3.05) is 0 Å². The van der Waals surface area contributed by atoms with Gasteiger partial charge in [0.1, 0.15) is 0 Å². The van der Waals surface area contributed by atoms with Crippen molar-refractivity contribution in [3.8, 4) is 33.4 Å². The van der Waals surface area contributed by atoms with E-state index in [-0.39, 0.29) is 0 Å². The topological polar surface area (TPSA) is 0 Å². The predicted molar refractivity (Wildman–Crippen MR) is 254 cm³/mol. The number of rotatable bonds is 3. The number of benzene rings is 10. The van der Waals surface area contributed by atoms with Crippen molar-refractivity contribution in [3.63, 3.8) is 0 Å². The summed E-state index contributed by atoms with van der Waals surface area (Å²) in [6, 6.07) is 68.2. The van der Waals surface area contributed by atoms with E-state index in [1.807, 2.05) is 34.0 Å². The van der Waals surface area contributed by atoms with Crippen molar-refractivity contribution >= 4 is 127 Å². The molecule has 0 aliphatic rings. The molecular formula is C54H30S3. The van der Waals surface area contributed by atoms with E-state index in [0.29, 0.717) is 0 Å². The Balaban J connectivity index is 0.972. The monoisotopic (exact) mass is 774 g/mol.